The standard InChI is InChI=1S/C25H32N6O2/c1-18(2)14-24(32)29-23-8-11-28-31(23)21-9-12-30(13-10-21)17-19-15-26-25(27-16-19)20-4-6-22(33-3)7-5-20/h4-8,11,15-16,18,21H,9-10,12-14,17H2,1-3H3,(H,29,32). The third-order valence-corrected chi connectivity index (χ3v) is 5.89. The Bertz CT molecular complexity index is 1040. The van der Waals surface area contributed by atoms with Gasteiger partial charge < -0.3 is 10.1 Å². The molecule has 0 spiro atoms. The first-order valence-electron chi connectivity index (χ1n) is 11.5. The average molecular weight is 449 g/mol. The summed E-state index contributed by atoms with van der Waals surface area (Å²) in [6, 6.07) is 9.93. The Hall–Kier alpha value is -3.26. The lowest BCUT2D eigenvalue weighted by Gasteiger charge is -2.32. The highest BCUT2D eigenvalue weighted by Gasteiger charge is 2.23. The second-order valence-electron chi connectivity index (χ2n) is 8.96. The van der Waals surface area contributed by atoms with Crippen molar-refractivity contribution >= 4 is 11.7 Å². The smallest absolute Gasteiger partial charge is 0.225 e. The highest BCUT2D eigenvalue weighted by Crippen LogP contribution is 2.26. The highest BCUT2D eigenvalue weighted by molar-refractivity contribution is 5.89. The van der Waals surface area contributed by atoms with Gasteiger partial charge in [0, 0.05) is 55.6 Å². The molecule has 0 saturated carbocycles. The molecule has 174 valence electrons. The van der Waals surface area contributed by atoms with Gasteiger partial charge in [0.05, 0.1) is 19.3 Å². The van der Waals surface area contributed by atoms with Crippen molar-refractivity contribution in [1.29, 1.82) is 0 Å². The molecule has 0 aliphatic carbocycles. The fourth-order valence-corrected chi connectivity index (χ4v) is 4.17. The molecule has 1 aliphatic heterocycles. The third-order valence-electron chi connectivity index (χ3n) is 5.89. The second kappa shape index (κ2) is 10.6. The van der Waals surface area contributed by atoms with Crippen molar-refractivity contribution in [2.24, 2.45) is 5.92 Å². The van der Waals surface area contributed by atoms with E-state index in [4.69, 9.17) is 4.74 Å². The molecule has 3 heterocycles. The number of hydrogen-bond acceptors (Lipinski definition) is 6. The fraction of sp³-hybridized carbons (Fsp3) is 0.440. The second-order valence-corrected chi connectivity index (χ2v) is 8.96. The number of methoxy groups -OCH3 is 1. The van der Waals surface area contributed by atoms with E-state index in [2.05, 4.69) is 25.3 Å². The first-order chi connectivity index (χ1) is 16.0. The van der Waals surface area contributed by atoms with Crippen LogP contribution in [0.4, 0.5) is 5.82 Å². The zero-order valence-electron chi connectivity index (χ0n) is 19.6. The van der Waals surface area contributed by atoms with E-state index in [0.717, 1.165) is 55.2 Å². The molecule has 1 amide bonds. The summed E-state index contributed by atoms with van der Waals surface area (Å²) in [4.78, 5) is 23.7. The average Bonchev–Trinajstić information content (AvgIpc) is 3.27. The Morgan fingerprint density at radius 1 is 1.12 bits per heavy atom. The summed E-state index contributed by atoms with van der Waals surface area (Å²) in [7, 11) is 1.66. The van der Waals surface area contributed by atoms with E-state index in [1.165, 1.54) is 0 Å². The first kappa shape index (κ1) is 22.9. The van der Waals surface area contributed by atoms with Gasteiger partial charge in [-0.05, 0) is 43.0 Å². The third kappa shape index (κ3) is 5.96. The SMILES string of the molecule is COc1ccc(-c2ncc(CN3CCC(n4nccc4NC(=O)CC(C)C)CC3)cn2)cc1. The molecule has 33 heavy (non-hydrogen) atoms. The number of rotatable bonds is 8. The molecule has 1 saturated heterocycles. The molecule has 8 heteroatoms. The number of carbonyl (C=O) groups is 1. The van der Waals surface area contributed by atoms with E-state index in [1.54, 1.807) is 13.3 Å². The Labute approximate surface area is 195 Å². The van der Waals surface area contributed by atoms with Crippen LogP contribution < -0.4 is 10.1 Å². The number of benzene rings is 1. The molecule has 2 aromatic heterocycles. The number of nitrogens with zero attached hydrogens (tertiary/aromatic N) is 5. The van der Waals surface area contributed by atoms with E-state index in [1.807, 2.05) is 61.3 Å². The van der Waals surface area contributed by atoms with Crippen LogP contribution in [0.25, 0.3) is 11.4 Å². The Morgan fingerprint density at radius 3 is 2.45 bits per heavy atom. The summed E-state index contributed by atoms with van der Waals surface area (Å²) >= 11 is 0. The quantitative estimate of drug-likeness (QED) is 0.557. The van der Waals surface area contributed by atoms with Crippen molar-refractivity contribution in [3.63, 3.8) is 0 Å². The number of amides is 1. The normalized spacial score (nSPS) is 15.0. The van der Waals surface area contributed by atoms with Crippen molar-refractivity contribution in [3.8, 4) is 17.1 Å². The number of carbonyl (C=O) groups excluding carboxylic acids is 1. The van der Waals surface area contributed by atoms with E-state index in [9.17, 15) is 4.79 Å². The molecule has 1 fully saturated rings. The number of piperidine rings is 1. The number of likely N-dealkylation sites (tertiary alicyclic amines) is 1. The van der Waals surface area contributed by atoms with Crippen LogP contribution in [-0.4, -0.2) is 50.8 Å². The molecule has 3 aromatic rings. The zero-order chi connectivity index (χ0) is 23.2. The summed E-state index contributed by atoms with van der Waals surface area (Å²) in [6.45, 7) is 6.84. The molecule has 1 aliphatic rings. The first-order valence-corrected chi connectivity index (χ1v) is 11.5. The summed E-state index contributed by atoms with van der Waals surface area (Å²) in [5.41, 5.74) is 2.07. The maximum absolute atomic E-state index is 12.2. The zero-order valence-corrected chi connectivity index (χ0v) is 19.6. The van der Waals surface area contributed by atoms with Crippen LogP contribution in [-0.2, 0) is 11.3 Å². The minimum Gasteiger partial charge on any atom is -0.497 e. The van der Waals surface area contributed by atoms with Crippen LogP contribution in [0.2, 0.25) is 0 Å². The van der Waals surface area contributed by atoms with Gasteiger partial charge in [-0.3, -0.25) is 9.69 Å². The number of nitrogens with one attached hydrogen (secondary N) is 1. The van der Waals surface area contributed by atoms with E-state index in [-0.39, 0.29) is 5.91 Å². The van der Waals surface area contributed by atoms with Gasteiger partial charge in [0.25, 0.3) is 0 Å². The number of aromatic nitrogens is 4. The van der Waals surface area contributed by atoms with Gasteiger partial charge in [-0.25, -0.2) is 14.6 Å². The minimum absolute atomic E-state index is 0.0438. The van der Waals surface area contributed by atoms with Gasteiger partial charge in [0.15, 0.2) is 5.82 Å². The minimum atomic E-state index is 0.0438. The predicted octanol–water partition coefficient (Wildman–Crippen LogP) is 4.17. The van der Waals surface area contributed by atoms with Gasteiger partial charge in [0.1, 0.15) is 11.6 Å². The molecule has 0 bridgehead atoms. The number of hydrogen-bond donors (Lipinski definition) is 1. The van der Waals surface area contributed by atoms with Crippen molar-refractivity contribution in [2.75, 3.05) is 25.5 Å². The van der Waals surface area contributed by atoms with E-state index < -0.39 is 0 Å². The monoisotopic (exact) mass is 448 g/mol. The lowest BCUT2D eigenvalue weighted by Crippen LogP contribution is -2.35. The fourth-order valence-electron chi connectivity index (χ4n) is 4.17. The van der Waals surface area contributed by atoms with Gasteiger partial charge in [-0.2, -0.15) is 5.10 Å². The van der Waals surface area contributed by atoms with E-state index in [0.29, 0.717) is 24.2 Å². The van der Waals surface area contributed by atoms with Crippen LogP contribution in [0.5, 0.6) is 5.75 Å². The predicted molar refractivity (Wildman–Crippen MR) is 128 cm³/mol. The molecule has 1 aromatic carbocycles. The Balaban J connectivity index is 1.30. The topological polar surface area (TPSA) is 85.2 Å². The lowest BCUT2D eigenvalue weighted by molar-refractivity contribution is -0.116. The highest BCUT2D eigenvalue weighted by atomic mass is 16.5. The summed E-state index contributed by atoms with van der Waals surface area (Å²) < 4.78 is 7.18. The van der Waals surface area contributed by atoms with Crippen LogP contribution in [0.15, 0.2) is 48.9 Å². The van der Waals surface area contributed by atoms with Crippen molar-refractivity contribution in [2.45, 2.75) is 45.7 Å². The maximum atomic E-state index is 12.2. The largest absolute Gasteiger partial charge is 0.497 e. The van der Waals surface area contributed by atoms with E-state index >= 15 is 0 Å². The van der Waals surface area contributed by atoms with Crippen molar-refractivity contribution in [1.82, 2.24) is 24.6 Å². The molecule has 1 N–H and O–H groups in total. The molecule has 0 atom stereocenters. The van der Waals surface area contributed by atoms with Gasteiger partial charge in [-0.1, -0.05) is 13.8 Å². The molecular weight excluding hydrogens is 416 g/mol. The molecule has 8 nitrogen and oxygen atoms in total. The molecule has 0 radical (unpaired) electrons. The van der Waals surface area contributed by atoms with Crippen LogP contribution in [0.3, 0.4) is 0 Å². The van der Waals surface area contributed by atoms with Crippen LogP contribution in [0, 0.1) is 5.92 Å². The van der Waals surface area contributed by atoms with Gasteiger partial charge in [0.2, 0.25) is 5.91 Å². The number of ether oxygens (including phenoxy) is 1. The van der Waals surface area contributed by atoms with Crippen LogP contribution in [0.1, 0.15) is 44.7 Å². The lowest BCUT2D eigenvalue weighted by atomic mass is 10.0. The molecule has 0 unspecified atom stereocenters. The molecular formula is C25H32N6O2. The summed E-state index contributed by atoms with van der Waals surface area (Å²) in [6.07, 6.45) is 8.07. The maximum Gasteiger partial charge on any atom is 0.225 e. The summed E-state index contributed by atoms with van der Waals surface area (Å²) in [5.74, 6) is 2.70. The van der Waals surface area contributed by atoms with Crippen LogP contribution >= 0.6 is 0 Å². The summed E-state index contributed by atoms with van der Waals surface area (Å²) in [5, 5.41) is 7.51. The molecule has 4 rings (SSSR count). The number of anilines is 1. The Morgan fingerprint density at radius 2 is 1.82 bits per heavy atom. The van der Waals surface area contributed by atoms with Crippen molar-refractivity contribution < 1.29 is 9.53 Å². The van der Waals surface area contributed by atoms with Gasteiger partial charge >= 0.3 is 0 Å². The Kier molecular flexibility index (Phi) is 7.34. The van der Waals surface area contributed by atoms with Crippen molar-refractivity contribution in [3.05, 3.63) is 54.5 Å². The van der Waals surface area contributed by atoms with Gasteiger partial charge in [-0.15, -0.1) is 0 Å².